The molecule has 4 nitrogen and oxygen atoms in total. The average Bonchev–Trinajstić information content (AvgIpc) is 2.58. The van der Waals surface area contributed by atoms with Gasteiger partial charge in [0.1, 0.15) is 5.75 Å². The van der Waals surface area contributed by atoms with Gasteiger partial charge in [0.15, 0.2) is 11.6 Å². The standard InChI is InChI=1S/C18H17ClFNO3/c19-13-2-4-15(5-3-13)24-17-6-1-12(11-16(17)20)18(23)21-9-7-14(22)8-10-21/h1-6,11,14,22H,7-10H2. The lowest BCUT2D eigenvalue weighted by molar-refractivity contribution is 0.0546. The maximum Gasteiger partial charge on any atom is 0.253 e. The lowest BCUT2D eigenvalue weighted by atomic mass is 10.1. The number of piperidine rings is 1. The Balaban J connectivity index is 1.72. The number of benzene rings is 2. The van der Waals surface area contributed by atoms with E-state index in [1.807, 2.05) is 0 Å². The van der Waals surface area contributed by atoms with Gasteiger partial charge in [0.25, 0.3) is 5.91 Å². The van der Waals surface area contributed by atoms with E-state index < -0.39 is 5.82 Å². The van der Waals surface area contributed by atoms with Crippen molar-refractivity contribution >= 4 is 17.5 Å². The fourth-order valence-electron chi connectivity index (χ4n) is 2.60. The van der Waals surface area contributed by atoms with E-state index in [1.165, 1.54) is 12.1 Å². The topological polar surface area (TPSA) is 49.8 Å². The molecule has 1 saturated heterocycles. The molecule has 2 aromatic rings. The highest BCUT2D eigenvalue weighted by Crippen LogP contribution is 2.27. The number of halogens is 2. The summed E-state index contributed by atoms with van der Waals surface area (Å²) in [5.41, 5.74) is 0.271. The molecule has 2 aromatic carbocycles. The Bertz CT molecular complexity index is 728. The SMILES string of the molecule is O=C(c1ccc(Oc2ccc(Cl)cc2)c(F)c1)N1CCC(O)CC1. The maximum atomic E-state index is 14.2. The number of nitrogens with zero attached hydrogens (tertiary/aromatic N) is 1. The molecule has 1 fully saturated rings. The number of amides is 1. The summed E-state index contributed by atoms with van der Waals surface area (Å²) < 4.78 is 19.7. The number of rotatable bonds is 3. The van der Waals surface area contributed by atoms with Crippen LogP contribution < -0.4 is 4.74 Å². The van der Waals surface area contributed by atoms with Gasteiger partial charge < -0.3 is 14.7 Å². The molecule has 3 rings (SSSR count). The first-order valence-corrected chi connectivity index (χ1v) is 8.11. The van der Waals surface area contributed by atoms with Crippen LogP contribution in [0, 0.1) is 5.82 Å². The number of carbonyl (C=O) groups is 1. The van der Waals surface area contributed by atoms with E-state index in [9.17, 15) is 14.3 Å². The summed E-state index contributed by atoms with van der Waals surface area (Å²) in [6, 6.07) is 10.7. The van der Waals surface area contributed by atoms with Gasteiger partial charge in [0, 0.05) is 23.7 Å². The van der Waals surface area contributed by atoms with Crippen LogP contribution >= 0.6 is 11.6 Å². The normalized spacial score (nSPS) is 15.4. The van der Waals surface area contributed by atoms with Gasteiger partial charge in [0.05, 0.1) is 6.10 Å². The summed E-state index contributed by atoms with van der Waals surface area (Å²) in [4.78, 5) is 14.0. The predicted molar refractivity (Wildman–Crippen MR) is 89.1 cm³/mol. The minimum absolute atomic E-state index is 0.0444. The first-order valence-electron chi connectivity index (χ1n) is 7.73. The van der Waals surface area contributed by atoms with Gasteiger partial charge in [-0.05, 0) is 55.3 Å². The summed E-state index contributed by atoms with van der Waals surface area (Å²) in [5.74, 6) is -0.336. The van der Waals surface area contributed by atoms with Crippen LogP contribution in [-0.2, 0) is 0 Å². The second kappa shape index (κ2) is 7.20. The summed E-state index contributed by atoms with van der Waals surface area (Å²) in [7, 11) is 0. The lowest BCUT2D eigenvalue weighted by Crippen LogP contribution is -2.40. The van der Waals surface area contributed by atoms with Gasteiger partial charge >= 0.3 is 0 Å². The van der Waals surface area contributed by atoms with Gasteiger partial charge in [-0.3, -0.25) is 4.79 Å². The molecule has 0 radical (unpaired) electrons. The zero-order valence-corrected chi connectivity index (χ0v) is 13.7. The molecular formula is C18H17ClFNO3. The molecule has 1 N–H and O–H groups in total. The molecule has 1 amide bonds. The summed E-state index contributed by atoms with van der Waals surface area (Å²) in [6.07, 6.45) is 0.735. The van der Waals surface area contributed by atoms with Crippen molar-refractivity contribution < 1.29 is 19.0 Å². The van der Waals surface area contributed by atoms with Gasteiger partial charge in [-0.15, -0.1) is 0 Å². The fraction of sp³-hybridized carbons (Fsp3) is 0.278. The third-order valence-electron chi connectivity index (χ3n) is 3.97. The van der Waals surface area contributed by atoms with Crippen LogP contribution in [0.2, 0.25) is 5.02 Å². The van der Waals surface area contributed by atoms with Crippen molar-refractivity contribution in [3.05, 3.63) is 58.9 Å². The number of likely N-dealkylation sites (tertiary alicyclic amines) is 1. The lowest BCUT2D eigenvalue weighted by Gasteiger charge is -2.29. The number of carbonyl (C=O) groups excluding carboxylic acids is 1. The maximum absolute atomic E-state index is 14.2. The van der Waals surface area contributed by atoms with Crippen LogP contribution in [0.5, 0.6) is 11.5 Å². The molecule has 0 unspecified atom stereocenters. The van der Waals surface area contributed by atoms with E-state index in [-0.39, 0.29) is 23.3 Å². The molecule has 0 spiro atoms. The van der Waals surface area contributed by atoms with Crippen molar-refractivity contribution in [3.8, 4) is 11.5 Å². The van der Waals surface area contributed by atoms with Gasteiger partial charge in [-0.2, -0.15) is 0 Å². The van der Waals surface area contributed by atoms with Crippen LogP contribution in [-0.4, -0.2) is 35.1 Å². The van der Waals surface area contributed by atoms with E-state index >= 15 is 0 Å². The highest BCUT2D eigenvalue weighted by Gasteiger charge is 2.23. The molecule has 24 heavy (non-hydrogen) atoms. The Morgan fingerprint density at radius 1 is 1.17 bits per heavy atom. The molecule has 1 aliphatic rings. The quantitative estimate of drug-likeness (QED) is 0.915. The van der Waals surface area contributed by atoms with Gasteiger partial charge in [-0.25, -0.2) is 4.39 Å². The van der Waals surface area contributed by atoms with E-state index in [4.69, 9.17) is 16.3 Å². The molecule has 0 aromatic heterocycles. The third-order valence-corrected chi connectivity index (χ3v) is 4.22. The number of hydrogen-bond donors (Lipinski definition) is 1. The number of ether oxygens (including phenoxy) is 1. The zero-order chi connectivity index (χ0) is 17.1. The number of aliphatic hydroxyl groups is 1. The van der Waals surface area contributed by atoms with Crippen molar-refractivity contribution in [1.82, 2.24) is 4.90 Å². The Kier molecular flexibility index (Phi) is 5.02. The van der Waals surface area contributed by atoms with E-state index in [0.717, 1.165) is 0 Å². The molecule has 0 atom stereocenters. The van der Waals surface area contributed by atoms with E-state index in [0.29, 0.717) is 36.7 Å². The number of aliphatic hydroxyl groups excluding tert-OH is 1. The molecular weight excluding hydrogens is 333 g/mol. The molecule has 126 valence electrons. The first kappa shape index (κ1) is 16.7. The van der Waals surface area contributed by atoms with E-state index in [2.05, 4.69) is 0 Å². The van der Waals surface area contributed by atoms with Gasteiger partial charge in [-0.1, -0.05) is 11.6 Å². The minimum Gasteiger partial charge on any atom is -0.454 e. The van der Waals surface area contributed by atoms with Crippen molar-refractivity contribution in [2.24, 2.45) is 0 Å². The molecule has 0 aliphatic carbocycles. The first-order chi connectivity index (χ1) is 11.5. The van der Waals surface area contributed by atoms with Crippen LogP contribution in [0.25, 0.3) is 0 Å². The van der Waals surface area contributed by atoms with Crippen molar-refractivity contribution in [1.29, 1.82) is 0 Å². The largest absolute Gasteiger partial charge is 0.454 e. The second-order valence-corrected chi connectivity index (χ2v) is 6.16. The zero-order valence-electron chi connectivity index (χ0n) is 12.9. The molecule has 0 saturated carbocycles. The molecule has 0 bridgehead atoms. The Labute approximate surface area is 144 Å². The number of hydrogen-bond acceptors (Lipinski definition) is 3. The summed E-state index contributed by atoms with van der Waals surface area (Å²) in [5, 5.41) is 10.1. The molecule has 1 aliphatic heterocycles. The smallest absolute Gasteiger partial charge is 0.253 e. The highest BCUT2D eigenvalue weighted by molar-refractivity contribution is 6.30. The molecule has 1 heterocycles. The third kappa shape index (κ3) is 3.86. The minimum atomic E-state index is -0.604. The van der Waals surface area contributed by atoms with Crippen LogP contribution in [0.15, 0.2) is 42.5 Å². The van der Waals surface area contributed by atoms with Crippen LogP contribution in [0.4, 0.5) is 4.39 Å². The second-order valence-electron chi connectivity index (χ2n) is 5.72. The van der Waals surface area contributed by atoms with Crippen LogP contribution in [0.3, 0.4) is 0 Å². The summed E-state index contributed by atoms with van der Waals surface area (Å²) >= 11 is 5.80. The van der Waals surface area contributed by atoms with Crippen LogP contribution in [0.1, 0.15) is 23.2 Å². The highest BCUT2D eigenvalue weighted by atomic mass is 35.5. The van der Waals surface area contributed by atoms with E-state index in [1.54, 1.807) is 35.2 Å². The van der Waals surface area contributed by atoms with Crippen molar-refractivity contribution in [2.75, 3.05) is 13.1 Å². The predicted octanol–water partition coefficient (Wildman–Crippen LogP) is 3.87. The Hall–Kier alpha value is -2.11. The van der Waals surface area contributed by atoms with Crippen molar-refractivity contribution in [2.45, 2.75) is 18.9 Å². The fourth-order valence-corrected chi connectivity index (χ4v) is 2.72. The van der Waals surface area contributed by atoms with Gasteiger partial charge in [0.2, 0.25) is 0 Å². The average molecular weight is 350 g/mol. The molecule has 6 heteroatoms. The van der Waals surface area contributed by atoms with Crippen molar-refractivity contribution in [3.63, 3.8) is 0 Å². The Morgan fingerprint density at radius 2 is 1.83 bits per heavy atom. The summed E-state index contributed by atoms with van der Waals surface area (Å²) in [6.45, 7) is 0.954. The Morgan fingerprint density at radius 3 is 2.46 bits per heavy atom. The monoisotopic (exact) mass is 349 g/mol.